The molecule has 0 fully saturated rings. The van der Waals surface area contributed by atoms with Gasteiger partial charge < -0.3 is 30.2 Å². The van der Waals surface area contributed by atoms with Crippen molar-refractivity contribution < 1.29 is 33.4 Å². The van der Waals surface area contributed by atoms with Crippen LogP contribution in [0.5, 0.6) is 11.5 Å². The Morgan fingerprint density at radius 2 is 1.55 bits per heavy atom. The Morgan fingerprint density at radius 1 is 0.809 bits per heavy atom. The van der Waals surface area contributed by atoms with Gasteiger partial charge in [0.05, 0.1) is 37.8 Å². The Morgan fingerprint density at radius 3 is 2.26 bits per heavy atom. The number of hydrogen-bond acceptors (Lipinski definition) is 8. The van der Waals surface area contributed by atoms with Crippen LogP contribution in [0.4, 0.5) is 11.4 Å². The number of carbonyl (C=O) groups is 4. The van der Waals surface area contributed by atoms with E-state index >= 15 is 0 Å². The number of ether oxygens (including phenoxy) is 3. The van der Waals surface area contributed by atoms with Crippen LogP contribution in [0.3, 0.4) is 0 Å². The van der Waals surface area contributed by atoms with E-state index < -0.39 is 23.0 Å². The van der Waals surface area contributed by atoms with Crippen LogP contribution in [0.2, 0.25) is 0 Å². The minimum absolute atomic E-state index is 0.0181. The molecule has 3 N–H and O–H groups in total. The summed E-state index contributed by atoms with van der Waals surface area (Å²) in [6.07, 6.45) is 2.02. The van der Waals surface area contributed by atoms with E-state index in [0.717, 1.165) is 4.90 Å². The summed E-state index contributed by atoms with van der Waals surface area (Å²) in [5.41, 5.74) is 1.97. The Kier molecular flexibility index (Phi) is 12.2. The standard InChI is InChI=1S/C36H35N3O7S/c1-5-32(35(42)38-29-17-10-9-16-28(29)36(43)46-4)47-27-15-11-14-25(21-27)37-34(41)30(39-33(40)23-12-7-6-8-13-23)20-24-18-19-26(44-2)22-31(24)45-3/h6-22,32H,5H2,1-4H3,(H,37,41)(H,38,42)(H,39,40)/b30-20+. The van der Waals surface area contributed by atoms with E-state index in [2.05, 4.69) is 16.0 Å². The van der Waals surface area contributed by atoms with Gasteiger partial charge in [-0.1, -0.05) is 43.3 Å². The maximum Gasteiger partial charge on any atom is 0.339 e. The highest BCUT2D eigenvalue weighted by Crippen LogP contribution is 2.30. The summed E-state index contributed by atoms with van der Waals surface area (Å²) < 4.78 is 15.6. The Hall–Kier alpha value is -5.55. The van der Waals surface area contributed by atoms with E-state index in [9.17, 15) is 19.2 Å². The first-order chi connectivity index (χ1) is 22.8. The van der Waals surface area contributed by atoms with E-state index in [1.807, 2.05) is 13.0 Å². The summed E-state index contributed by atoms with van der Waals surface area (Å²) in [5, 5.41) is 7.91. The second kappa shape index (κ2) is 16.7. The molecule has 0 radical (unpaired) electrons. The van der Waals surface area contributed by atoms with Gasteiger partial charge in [-0.05, 0) is 67.1 Å². The maximum atomic E-state index is 13.7. The van der Waals surface area contributed by atoms with E-state index in [1.54, 1.807) is 91.0 Å². The van der Waals surface area contributed by atoms with Gasteiger partial charge in [0.15, 0.2) is 0 Å². The van der Waals surface area contributed by atoms with Crippen LogP contribution in [-0.4, -0.2) is 50.3 Å². The van der Waals surface area contributed by atoms with Crippen molar-refractivity contribution in [3.8, 4) is 11.5 Å². The fraction of sp³-hybridized carbons (Fsp3) is 0.167. The van der Waals surface area contributed by atoms with Gasteiger partial charge >= 0.3 is 5.97 Å². The Labute approximate surface area is 277 Å². The van der Waals surface area contributed by atoms with E-state index in [0.29, 0.717) is 40.4 Å². The number of anilines is 2. The lowest BCUT2D eigenvalue weighted by Gasteiger charge is -2.17. The molecule has 10 nitrogen and oxygen atoms in total. The second-order valence-corrected chi connectivity index (χ2v) is 11.3. The first kappa shape index (κ1) is 34.3. The summed E-state index contributed by atoms with van der Waals surface area (Å²) in [7, 11) is 4.32. The predicted molar refractivity (Wildman–Crippen MR) is 183 cm³/mol. The van der Waals surface area contributed by atoms with Crippen molar-refractivity contribution in [3.05, 3.63) is 119 Å². The van der Waals surface area contributed by atoms with Gasteiger partial charge in [0, 0.05) is 27.8 Å². The molecule has 4 rings (SSSR count). The molecule has 4 aromatic carbocycles. The molecule has 3 amide bonds. The molecular formula is C36H35N3O7S. The molecule has 1 unspecified atom stereocenters. The molecule has 0 saturated heterocycles. The highest BCUT2D eigenvalue weighted by atomic mass is 32.2. The zero-order valence-corrected chi connectivity index (χ0v) is 27.2. The topological polar surface area (TPSA) is 132 Å². The molecule has 0 aliphatic carbocycles. The number of carbonyl (C=O) groups excluding carboxylic acids is 4. The molecule has 242 valence electrons. The Bertz CT molecular complexity index is 1780. The SMILES string of the molecule is CCC(Sc1cccc(NC(=O)/C(=C\c2ccc(OC)cc2OC)NC(=O)c2ccccc2)c1)C(=O)Nc1ccccc1C(=O)OC. The third kappa shape index (κ3) is 9.24. The van der Waals surface area contributed by atoms with Gasteiger partial charge in [-0.15, -0.1) is 11.8 Å². The molecule has 0 aliphatic rings. The number of amides is 3. The summed E-state index contributed by atoms with van der Waals surface area (Å²) in [6.45, 7) is 1.88. The minimum Gasteiger partial charge on any atom is -0.497 e. The van der Waals surface area contributed by atoms with E-state index in [4.69, 9.17) is 14.2 Å². The lowest BCUT2D eigenvalue weighted by Crippen LogP contribution is -2.30. The van der Waals surface area contributed by atoms with Crippen LogP contribution in [0.1, 0.15) is 39.6 Å². The third-order valence-electron chi connectivity index (χ3n) is 6.89. The summed E-state index contributed by atoms with van der Waals surface area (Å²) in [4.78, 5) is 52.8. The van der Waals surface area contributed by atoms with Crippen LogP contribution in [-0.2, 0) is 14.3 Å². The highest BCUT2D eigenvalue weighted by molar-refractivity contribution is 8.00. The molecule has 0 aromatic heterocycles. The molecule has 1 atom stereocenters. The van der Waals surface area contributed by atoms with Gasteiger partial charge in [0.1, 0.15) is 17.2 Å². The van der Waals surface area contributed by atoms with E-state index in [1.165, 1.54) is 39.2 Å². The van der Waals surface area contributed by atoms with Crippen molar-refractivity contribution in [2.45, 2.75) is 23.5 Å². The number of hydrogen-bond donors (Lipinski definition) is 3. The zero-order valence-electron chi connectivity index (χ0n) is 26.4. The summed E-state index contributed by atoms with van der Waals surface area (Å²) in [6, 6.07) is 27.3. The zero-order chi connectivity index (χ0) is 33.8. The van der Waals surface area contributed by atoms with Crippen molar-refractivity contribution in [1.82, 2.24) is 5.32 Å². The predicted octanol–water partition coefficient (Wildman–Crippen LogP) is 6.41. The molecule has 0 spiro atoms. The van der Waals surface area contributed by atoms with Crippen LogP contribution in [0.15, 0.2) is 108 Å². The molecule has 4 aromatic rings. The number of rotatable bonds is 13. The molecule has 11 heteroatoms. The van der Waals surface area contributed by atoms with Crippen LogP contribution < -0.4 is 25.4 Å². The smallest absolute Gasteiger partial charge is 0.339 e. The number of para-hydroxylation sites is 1. The highest BCUT2D eigenvalue weighted by Gasteiger charge is 2.22. The van der Waals surface area contributed by atoms with Crippen molar-refractivity contribution >= 4 is 52.9 Å². The third-order valence-corrected chi connectivity index (χ3v) is 8.25. The number of thioether (sulfide) groups is 1. The van der Waals surface area contributed by atoms with Gasteiger partial charge in [-0.25, -0.2) is 4.79 Å². The molecule has 0 bridgehead atoms. The van der Waals surface area contributed by atoms with Crippen molar-refractivity contribution in [2.75, 3.05) is 32.0 Å². The summed E-state index contributed by atoms with van der Waals surface area (Å²) in [5.74, 6) is -0.859. The van der Waals surface area contributed by atoms with Gasteiger partial charge in [-0.3, -0.25) is 14.4 Å². The molecule has 47 heavy (non-hydrogen) atoms. The van der Waals surface area contributed by atoms with Crippen molar-refractivity contribution in [2.24, 2.45) is 0 Å². The molecule has 0 aliphatic heterocycles. The fourth-order valence-corrected chi connectivity index (χ4v) is 5.47. The molecule has 0 heterocycles. The number of nitrogens with one attached hydrogen (secondary N) is 3. The fourth-order valence-electron chi connectivity index (χ4n) is 4.46. The van der Waals surface area contributed by atoms with Crippen LogP contribution in [0, 0.1) is 0 Å². The maximum absolute atomic E-state index is 13.7. The monoisotopic (exact) mass is 653 g/mol. The van der Waals surface area contributed by atoms with Gasteiger partial charge in [0.2, 0.25) is 5.91 Å². The lowest BCUT2D eigenvalue weighted by molar-refractivity contribution is -0.116. The number of methoxy groups -OCH3 is 3. The minimum atomic E-state index is -0.571. The van der Waals surface area contributed by atoms with Crippen molar-refractivity contribution in [1.29, 1.82) is 0 Å². The first-order valence-corrected chi connectivity index (χ1v) is 15.5. The van der Waals surface area contributed by atoms with Crippen LogP contribution in [0.25, 0.3) is 6.08 Å². The van der Waals surface area contributed by atoms with Crippen LogP contribution >= 0.6 is 11.8 Å². The molecular weight excluding hydrogens is 618 g/mol. The summed E-state index contributed by atoms with van der Waals surface area (Å²) >= 11 is 1.31. The normalized spacial score (nSPS) is 11.5. The van der Waals surface area contributed by atoms with Gasteiger partial charge in [-0.2, -0.15) is 0 Å². The van der Waals surface area contributed by atoms with E-state index in [-0.39, 0.29) is 17.2 Å². The largest absolute Gasteiger partial charge is 0.497 e. The average Bonchev–Trinajstić information content (AvgIpc) is 3.10. The van der Waals surface area contributed by atoms with Gasteiger partial charge in [0.25, 0.3) is 11.8 Å². The van der Waals surface area contributed by atoms with Crippen molar-refractivity contribution in [3.63, 3.8) is 0 Å². The lowest BCUT2D eigenvalue weighted by atomic mass is 10.1. The quantitative estimate of drug-likeness (QED) is 0.0857. The molecule has 0 saturated carbocycles. The average molecular weight is 654 g/mol. The number of esters is 1. The second-order valence-electron chi connectivity index (χ2n) is 10.0. The first-order valence-electron chi connectivity index (χ1n) is 14.6. The Balaban J connectivity index is 1.55. The number of benzene rings is 4.